The summed E-state index contributed by atoms with van der Waals surface area (Å²) in [6.07, 6.45) is 4.34. The van der Waals surface area contributed by atoms with Gasteiger partial charge in [-0.05, 0) is 104 Å². The lowest BCUT2D eigenvalue weighted by Gasteiger charge is -2.34. The Morgan fingerprint density at radius 2 is 0.972 bits per heavy atom. The fraction of sp³-hybridized carbons (Fsp3) is 0.348. The van der Waals surface area contributed by atoms with Gasteiger partial charge in [0.1, 0.15) is 17.3 Å². The lowest BCUT2D eigenvalue weighted by Crippen LogP contribution is -2.31. The van der Waals surface area contributed by atoms with Gasteiger partial charge in [-0.25, -0.2) is 4.98 Å². The van der Waals surface area contributed by atoms with Crippen LogP contribution in [0.5, 0.6) is 11.5 Å². The summed E-state index contributed by atoms with van der Waals surface area (Å²) >= 11 is 0. The lowest BCUT2D eigenvalue weighted by molar-refractivity contribution is 0.477. The normalized spacial score (nSPS) is 14.2. The standard InChI is InChI=1S/C66H76N4O/c1-61(2,3)47-33-48(62(4,5)6)36-51(35-47)69-43-68(42-58(69)64(10,11)12)50-34-49(63(7,8)9)37-52(39-50)71-53-40-55(66(15,16)45-27-21-18-22-28-45)60-54-29-23-24-30-56(54)70(57(60)41-53)59-38-46(31-32-67-59)65(13,14)44-25-19-17-20-26-44/h17-42H,43H2,1-16H3. The fourth-order valence-corrected chi connectivity index (χ4v) is 10.3. The predicted molar refractivity (Wildman–Crippen MR) is 302 cm³/mol. The van der Waals surface area contributed by atoms with E-state index in [1.54, 1.807) is 0 Å². The van der Waals surface area contributed by atoms with Crippen LogP contribution in [0, 0.1) is 5.41 Å². The van der Waals surface area contributed by atoms with Crippen molar-refractivity contribution in [2.75, 3.05) is 16.5 Å². The Balaban J connectivity index is 1.22. The number of rotatable bonds is 9. The van der Waals surface area contributed by atoms with Crippen molar-refractivity contribution in [1.29, 1.82) is 0 Å². The molecular formula is C66H76N4O. The molecule has 5 heteroatoms. The van der Waals surface area contributed by atoms with Gasteiger partial charge in [0.15, 0.2) is 0 Å². The van der Waals surface area contributed by atoms with E-state index >= 15 is 0 Å². The molecule has 0 N–H and O–H groups in total. The highest BCUT2D eigenvalue weighted by Gasteiger charge is 2.35. The zero-order valence-corrected chi connectivity index (χ0v) is 45.4. The molecule has 1 aliphatic heterocycles. The molecule has 0 atom stereocenters. The van der Waals surface area contributed by atoms with Crippen LogP contribution >= 0.6 is 0 Å². The zero-order chi connectivity index (χ0) is 51.1. The molecule has 9 rings (SSSR count). The van der Waals surface area contributed by atoms with Crippen LogP contribution in [0.15, 0.2) is 164 Å². The molecule has 71 heavy (non-hydrogen) atoms. The molecule has 366 valence electrons. The molecule has 3 heterocycles. The quantitative estimate of drug-likeness (QED) is 0.144. The summed E-state index contributed by atoms with van der Waals surface area (Å²) in [4.78, 5) is 10.1. The molecule has 0 radical (unpaired) electrons. The summed E-state index contributed by atoms with van der Waals surface area (Å²) in [6, 6.07) is 53.5. The van der Waals surface area contributed by atoms with Crippen molar-refractivity contribution in [1.82, 2.24) is 9.55 Å². The minimum absolute atomic E-state index is 0.00168. The Morgan fingerprint density at radius 1 is 0.437 bits per heavy atom. The average molecular weight is 941 g/mol. The van der Waals surface area contributed by atoms with Crippen molar-refractivity contribution in [2.24, 2.45) is 5.41 Å². The second-order valence-corrected chi connectivity index (χ2v) is 25.2. The van der Waals surface area contributed by atoms with Crippen LogP contribution in [-0.4, -0.2) is 16.2 Å². The second-order valence-electron chi connectivity index (χ2n) is 25.2. The number of benzene rings is 6. The van der Waals surface area contributed by atoms with Crippen LogP contribution < -0.4 is 14.5 Å². The maximum atomic E-state index is 7.33. The van der Waals surface area contributed by atoms with Crippen molar-refractivity contribution >= 4 is 33.2 Å². The van der Waals surface area contributed by atoms with E-state index in [-0.39, 0.29) is 32.5 Å². The number of aromatic nitrogens is 2. The maximum Gasteiger partial charge on any atom is 0.137 e. The van der Waals surface area contributed by atoms with Crippen molar-refractivity contribution in [3.63, 3.8) is 0 Å². The molecule has 0 fully saturated rings. The summed E-state index contributed by atoms with van der Waals surface area (Å²) in [7, 11) is 0. The van der Waals surface area contributed by atoms with Crippen molar-refractivity contribution in [2.45, 2.75) is 138 Å². The van der Waals surface area contributed by atoms with E-state index in [0.717, 1.165) is 34.0 Å². The molecule has 0 saturated carbocycles. The minimum atomic E-state index is -0.388. The van der Waals surface area contributed by atoms with Gasteiger partial charge in [0, 0.05) is 68.6 Å². The molecule has 0 bridgehead atoms. The Labute approximate surface area is 425 Å². The van der Waals surface area contributed by atoms with Crippen LogP contribution in [0.1, 0.15) is 150 Å². The van der Waals surface area contributed by atoms with Gasteiger partial charge < -0.3 is 14.5 Å². The van der Waals surface area contributed by atoms with Gasteiger partial charge in [-0.15, -0.1) is 0 Å². The third-order valence-corrected chi connectivity index (χ3v) is 15.0. The number of fused-ring (bicyclic) bond motifs is 3. The van der Waals surface area contributed by atoms with E-state index in [4.69, 9.17) is 9.72 Å². The molecule has 0 spiro atoms. The Morgan fingerprint density at radius 3 is 1.56 bits per heavy atom. The number of anilines is 2. The van der Waals surface area contributed by atoms with E-state index in [9.17, 15) is 0 Å². The van der Waals surface area contributed by atoms with Gasteiger partial charge >= 0.3 is 0 Å². The van der Waals surface area contributed by atoms with Gasteiger partial charge in [-0.3, -0.25) is 4.57 Å². The van der Waals surface area contributed by atoms with Crippen LogP contribution in [0.2, 0.25) is 0 Å². The fourth-order valence-electron chi connectivity index (χ4n) is 10.3. The van der Waals surface area contributed by atoms with Crippen LogP contribution in [0.25, 0.3) is 27.6 Å². The highest BCUT2D eigenvalue weighted by molar-refractivity contribution is 6.11. The van der Waals surface area contributed by atoms with Gasteiger partial charge in [-0.2, -0.15) is 0 Å². The highest BCUT2D eigenvalue weighted by atomic mass is 16.5. The summed E-state index contributed by atoms with van der Waals surface area (Å²) in [6.45, 7) is 37.7. The number of hydrogen-bond acceptors (Lipinski definition) is 4. The first kappa shape index (κ1) is 49.4. The third kappa shape index (κ3) is 9.53. The molecule has 6 aromatic carbocycles. The largest absolute Gasteiger partial charge is 0.457 e. The van der Waals surface area contributed by atoms with Gasteiger partial charge in [0.25, 0.3) is 0 Å². The molecular weight excluding hydrogens is 865 g/mol. The van der Waals surface area contributed by atoms with Gasteiger partial charge in [0.05, 0.1) is 17.7 Å². The molecule has 0 amide bonds. The maximum absolute atomic E-state index is 7.33. The summed E-state index contributed by atoms with van der Waals surface area (Å²) in [5.74, 6) is 2.45. The molecule has 0 aliphatic carbocycles. The average Bonchev–Trinajstić information content (AvgIpc) is 3.92. The number of para-hydroxylation sites is 1. The Hall–Kier alpha value is -6.59. The Bertz CT molecular complexity index is 3260. The number of allylic oxidation sites excluding steroid dienone is 1. The van der Waals surface area contributed by atoms with Crippen LogP contribution in [0.3, 0.4) is 0 Å². The topological polar surface area (TPSA) is 33.5 Å². The summed E-state index contributed by atoms with van der Waals surface area (Å²) in [5, 5.41) is 2.38. The van der Waals surface area contributed by atoms with Crippen molar-refractivity contribution in [3.8, 4) is 17.3 Å². The van der Waals surface area contributed by atoms with E-state index < -0.39 is 0 Å². The molecule has 2 aromatic heterocycles. The second kappa shape index (κ2) is 17.6. The van der Waals surface area contributed by atoms with Crippen molar-refractivity contribution in [3.05, 3.63) is 203 Å². The highest BCUT2D eigenvalue weighted by Crippen LogP contribution is 2.47. The zero-order valence-electron chi connectivity index (χ0n) is 45.4. The van der Waals surface area contributed by atoms with Gasteiger partial charge in [0.2, 0.25) is 0 Å². The van der Waals surface area contributed by atoms with E-state index in [1.165, 1.54) is 61.1 Å². The van der Waals surface area contributed by atoms with Crippen molar-refractivity contribution < 1.29 is 4.74 Å². The smallest absolute Gasteiger partial charge is 0.137 e. The Kier molecular flexibility index (Phi) is 12.3. The number of hydrogen-bond donors (Lipinski definition) is 0. The molecule has 0 saturated heterocycles. The van der Waals surface area contributed by atoms with Gasteiger partial charge in [-0.1, -0.05) is 196 Å². The molecule has 1 aliphatic rings. The van der Waals surface area contributed by atoms with Crippen LogP contribution in [-0.2, 0) is 27.1 Å². The number of ether oxygens (including phenoxy) is 1. The first-order chi connectivity index (χ1) is 33.2. The summed E-state index contributed by atoms with van der Waals surface area (Å²) < 4.78 is 9.68. The van der Waals surface area contributed by atoms with E-state index in [1.807, 2.05) is 6.20 Å². The van der Waals surface area contributed by atoms with E-state index in [0.29, 0.717) is 6.67 Å². The SMILES string of the molecule is CC(C)(C)C1=CN(c2cc(Oc3cc(C(C)(C)c4ccccc4)c4c5ccccc5n(-c5cc(C(C)(C)c6ccccc6)ccn5)c4c3)cc(C(C)(C)C)c2)CN1c1cc(C(C)(C)C)cc(C(C)(C)C)c1. The first-order valence-electron chi connectivity index (χ1n) is 25.6. The third-order valence-electron chi connectivity index (χ3n) is 15.0. The monoisotopic (exact) mass is 941 g/mol. The minimum Gasteiger partial charge on any atom is -0.457 e. The summed E-state index contributed by atoms with van der Waals surface area (Å²) in [5.41, 5.74) is 13.7. The first-order valence-corrected chi connectivity index (χ1v) is 25.6. The van der Waals surface area contributed by atoms with Crippen LogP contribution in [0.4, 0.5) is 11.4 Å². The molecule has 5 nitrogen and oxygen atoms in total. The van der Waals surface area contributed by atoms with E-state index in [2.05, 4.69) is 277 Å². The predicted octanol–water partition coefficient (Wildman–Crippen LogP) is 17.7. The number of pyridine rings is 1. The molecule has 0 unspecified atom stereocenters. The lowest BCUT2D eigenvalue weighted by atomic mass is 9.76. The number of nitrogens with zero attached hydrogens (tertiary/aromatic N) is 4. The molecule has 8 aromatic rings.